The highest BCUT2D eigenvalue weighted by atomic mass is 32.2. The largest absolute Gasteiger partial charge is 0.305 e. The van der Waals surface area contributed by atoms with Crippen LogP contribution in [0.2, 0.25) is 0 Å². The van der Waals surface area contributed by atoms with Gasteiger partial charge in [-0.15, -0.1) is 11.3 Å². The number of amides is 1. The number of thiazole rings is 1. The maximum absolute atomic E-state index is 14.3. The first kappa shape index (κ1) is 25.2. The fourth-order valence-corrected chi connectivity index (χ4v) is 6.25. The van der Waals surface area contributed by atoms with Gasteiger partial charge in [-0.2, -0.15) is 4.31 Å². The number of hydrogen-bond donors (Lipinski definition) is 0. The van der Waals surface area contributed by atoms with E-state index < -0.39 is 27.7 Å². The number of halogens is 2. The van der Waals surface area contributed by atoms with Crippen molar-refractivity contribution in [2.75, 3.05) is 4.90 Å². The van der Waals surface area contributed by atoms with Gasteiger partial charge >= 0.3 is 0 Å². The molecule has 6 nitrogen and oxygen atoms in total. The predicted octanol–water partition coefficient (Wildman–Crippen LogP) is 5.32. The molecule has 0 unspecified atom stereocenters. The Morgan fingerprint density at radius 3 is 2.46 bits per heavy atom. The van der Waals surface area contributed by atoms with Crippen LogP contribution >= 0.6 is 11.3 Å². The summed E-state index contributed by atoms with van der Waals surface area (Å²) >= 11 is 1.37. The maximum Gasteiger partial charge on any atom is 0.259 e. The zero-order valence-corrected chi connectivity index (χ0v) is 21.3. The molecule has 0 bridgehead atoms. The minimum absolute atomic E-state index is 0.0177. The van der Waals surface area contributed by atoms with Crippen molar-refractivity contribution in [3.8, 4) is 0 Å². The van der Waals surface area contributed by atoms with Crippen molar-refractivity contribution in [2.24, 2.45) is 0 Å². The molecule has 1 aliphatic heterocycles. The molecule has 1 aromatic heterocycles. The number of benzene rings is 2. The number of carbonyl (C=O) groups is 1. The average molecular weight is 518 g/mol. The van der Waals surface area contributed by atoms with Crippen LogP contribution in [0.15, 0.2) is 52.9 Å². The van der Waals surface area contributed by atoms with Gasteiger partial charge in [0.1, 0.15) is 16.6 Å². The highest BCUT2D eigenvalue weighted by molar-refractivity contribution is 7.89. The molecule has 0 spiro atoms. The molecule has 0 saturated carbocycles. The summed E-state index contributed by atoms with van der Waals surface area (Å²) in [5, 5.41) is 2.43. The van der Waals surface area contributed by atoms with Gasteiger partial charge in [-0.1, -0.05) is 6.07 Å². The highest BCUT2D eigenvalue weighted by Crippen LogP contribution is 2.41. The summed E-state index contributed by atoms with van der Waals surface area (Å²) in [4.78, 5) is 19.1. The summed E-state index contributed by atoms with van der Waals surface area (Å²) in [5.74, 6) is -1.77. The number of anilines is 1. The highest BCUT2D eigenvalue weighted by Gasteiger charge is 2.36. The van der Waals surface area contributed by atoms with Crippen molar-refractivity contribution in [2.45, 2.75) is 51.2 Å². The lowest BCUT2D eigenvalue weighted by atomic mass is 10.1. The number of carbonyl (C=O) groups excluding carboxylic acids is 1. The van der Waals surface area contributed by atoms with E-state index in [0.29, 0.717) is 21.8 Å². The second-order valence-electron chi connectivity index (χ2n) is 8.76. The summed E-state index contributed by atoms with van der Waals surface area (Å²) in [5.41, 5.74) is 1.54. The van der Waals surface area contributed by atoms with Crippen LogP contribution in [0.5, 0.6) is 0 Å². The summed E-state index contributed by atoms with van der Waals surface area (Å²) in [6, 6.07) is 7.00. The summed E-state index contributed by atoms with van der Waals surface area (Å²) < 4.78 is 56.2. The first-order valence-corrected chi connectivity index (χ1v) is 13.4. The molecule has 0 atom stereocenters. The van der Waals surface area contributed by atoms with E-state index in [1.165, 1.54) is 29.5 Å². The van der Waals surface area contributed by atoms with Crippen molar-refractivity contribution in [3.05, 3.63) is 75.7 Å². The fourth-order valence-electron chi connectivity index (χ4n) is 4.04. The van der Waals surface area contributed by atoms with E-state index in [1.54, 1.807) is 42.5 Å². The molecule has 3 aromatic rings. The predicted molar refractivity (Wildman–Crippen MR) is 133 cm³/mol. The number of sulfonamides is 1. The van der Waals surface area contributed by atoms with Crippen LogP contribution < -0.4 is 4.90 Å². The smallest absolute Gasteiger partial charge is 0.259 e. The molecule has 0 fully saturated rings. The van der Waals surface area contributed by atoms with Crippen molar-refractivity contribution in [3.63, 3.8) is 0 Å². The molecular formula is C25H25F2N3O3S2. The van der Waals surface area contributed by atoms with Gasteiger partial charge in [-0.05, 0) is 58.0 Å². The molecule has 184 valence electrons. The first-order chi connectivity index (χ1) is 16.5. The maximum atomic E-state index is 14.3. The number of nitrogens with zero attached hydrogens (tertiary/aromatic N) is 3. The van der Waals surface area contributed by atoms with E-state index in [9.17, 15) is 22.0 Å². The topological polar surface area (TPSA) is 70.6 Å². The van der Waals surface area contributed by atoms with E-state index in [2.05, 4.69) is 4.98 Å². The van der Waals surface area contributed by atoms with Gasteiger partial charge < -0.3 is 4.90 Å². The van der Waals surface area contributed by atoms with Crippen LogP contribution in [0.3, 0.4) is 0 Å². The summed E-state index contributed by atoms with van der Waals surface area (Å²) in [6.07, 6.45) is 3.30. The lowest BCUT2D eigenvalue weighted by Crippen LogP contribution is -2.36. The van der Waals surface area contributed by atoms with Gasteiger partial charge in [-0.3, -0.25) is 4.79 Å². The number of fused-ring (bicyclic) bond motifs is 1. The number of hydrogen-bond acceptors (Lipinski definition) is 5. The lowest BCUT2D eigenvalue weighted by Gasteiger charge is -2.27. The zero-order valence-electron chi connectivity index (χ0n) is 19.7. The Morgan fingerprint density at radius 1 is 1.11 bits per heavy atom. The van der Waals surface area contributed by atoms with Crippen LogP contribution in [0.1, 0.15) is 43.8 Å². The number of rotatable bonds is 7. The Hall–Kier alpha value is -2.95. The van der Waals surface area contributed by atoms with Crippen LogP contribution in [-0.4, -0.2) is 35.7 Å². The van der Waals surface area contributed by atoms with Crippen LogP contribution in [0.25, 0.3) is 11.6 Å². The third kappa shape index (κ3) is 4.78. The Balaban J connectivity index is 1.80. The minimum atomic E-state index is -4.08. The molecule has 0 radical (unpaired) electrons. The van der Waals surface area contributed by atoms with Crippen molar-refractivity contribution < 1.29 is 22.0 Å². The molecule has 10 heteroatoms. The Kier molecular flexibility index (Phi) is 6.90. The summed E-state index contributed by atoms with van der Waals surface area (Å²) in [6.45, 7) is 6.88. The molecule has 2 heterocycles. The third-order valence-electron chi connectivity index (χ3n) is 5.73. The SMILES string of the molecule is CC(C)N1C(=O)/C(=C/c2nccs2)c2cc(S(=O)(=O)N(Cc3ccc(F)cc3F)C(C)C)ccc21. The van der Waals surface area contributed by atoms with Crippen LogP contribution in [-0.2, 0) is 21.4 Å². The van der Waals surface area contributed by atoms with Gasteiger partial charge in [0.2, 0.25) is 10.0 Å². The molecule has 0 saturated heterocycles. The van der Waals surface area contributed by atoms with Crippen molar-refractivity contribution in [1.29, 1.82) is 0 Å². The standard InChI is InChI=1S/C25H25F2N3O3S2/c1-15(2)29(14-17-5-6-18(26)11-22(17)27)35(32,33)19-7-8-23-20(12-19)21(13-24-28-9-10-34-24)25(31)30(23)16(3)4/h5-13,15-16H,14H2,1-4H3/b21-13+. The molecule has 1 amide bonds. The van der Waals surface area contributed by atoms with Crippen LogP contribution in [0, 0.1) is 11.6 Å². The van der Waals surface area contributed by atoms with E-state index in [4.69, 9.17) is 0 Å². The zero-order chi connectivity index (χ0) is 25.5. The van der Waals surface area contributed by atoms with E-state index in [1.807, 2.05) is 13.8 Å². The molecule has 4 rings (SSSR count). The second kappa shape index (κ2) is 9.60. The van der Waals surface area contributed by atoms with Gasteiger partial charge in [0, 0.05) is 47.4 Å². The quantitative estimate of drug-likeness (QED) is 0.398. The molecule has 2 aromatic carbocycles. The van der Waals surface area contributed by atoms with Crippen molar-refractivity contribution in [1.82, 2.24) is 9.29 Å². The van der Waals surface area contributed by atoms with Gasteiger partial charge in [0.05, 0.1) is 16.2 Å². The first-order valence-electron chi connectivity index (χ1n) is 11.1. The van der Waals surface area contributed by atoms with Crippen LogP contribution in [0.4, 0.5) is 14.5 Å². The van der Waals surface area contributed by atoms with Gasteiger partial charge in [0.25, 0.3) is 5.91 Å². The van der Waals surface area contributed by atoms with E-state index >= 15 is 0 Å². The Morgan fingerprint density at radius 2 is 1.86 bits per heavy atom. The molecule has 35 heavy (non-hydrogen) atoms. The Labute approximate surface area is 207 Å². The molecule has 0 aliphatic carbocycles. The average Bonchev–Trinajstić information content (AvgIpc) is 3.39. The molecule has 1 aliphatic rings. The normalized spacial score (nSPS) is 15.2. The van der Waals surface area contributed by atoms with E-state index in [-0.39, 0.29) is 29.0 Å². The molecular weight excluding hydrogens is 492 g/mol. The monoisotopic (exact) mass is 517 g/mol. The van der Waals surface area contributed by atoms with Crippen molar-refractivity contribution >= 4 is 44.6 Å². The number of aromatic nitrogens is 1. The van der Waals surface area contributed by atoms with Gasteiger partial charge in [-0.25, -0.2) is 22.2 Å². The third-order valence-corrected chi connectivity index (χ3v) is 8.47. The minimum Gasteiger partial charge on any atom is -0.305 e. The fraction of sp³-hybridized carbons (Fsp3) is 0.280. The lowest BCUT2D eigenvalue weighted by molar-refractivity contribution is -0.113. The second-order valence-corrected chi connectivity index (χ2v) is 11.6. The van der Waals surface area contributed by atoms with Gasteiger partial charge in [0.15, 0.2) is 0 Å². The van der Waals surface area contributed by atoms with E-state index in [0.717, 1.165) is 16.4 Å². The summed E-state index contributed by atoms with van der Waals surface area (Å²) in [7, 11) is -4.08. The molecule has 0 N–H and O–H groups in total. The Bertz CT molecular complexity index is 1400.